The zero-order valence-electron chi connectivity index (χ0n) is 11.4. The average Bonchev–Trinajstić information content (AvgIpc) is 2.43. The van der Waals surface area contributed by atoms with Crippen LogP contribution in [-0.4, -0.2) is 17.6 Å². The number of nitrogens with zero attached hydrogens (tertiary/aromatic N) is 1. The highest BCUT2D eigenvalue weighted by atomic mass is 79.9. The van der Waals surface area contributed by atoms with Gasteiger partial charge in [0.05, 0.1) is 0 Å². The molecule has 0 saturated carbocycles. The summed E-state index contributed by atoms with van der Waals surface area (Å²) in [6.07, 6.45) is 5.43. The zero-order valence-corrected chi connectivity index (χ0v) is 13.0. The van der Waals surface area contributed by atoms with Gasteiger partial charge in [0, 0.05) is 22.9 Å². The molecule has 1 unspecified atom stereocenters. The lowest BCUT2D eigenvalue weighted by Crippen LogP contribution is -2.33. The number of aromatic nitrogens is 1. The highest BCUT2D eigenvalue weighted by Crippen LogP contribution is 2.20. The fourth-order valence-electron chi connectivity index (χ4n) is 2.26. The number of hydrogen-bond acceptors (Lipinski definition) is 2. The Hall–Kier alpha value is -1.26. The maximum atomic E-state index is 13.1. The smallest absolute Gasteiger partial charge is 0.124 e. The van der Waals surface area contributed by atoms with Crippen molar-refractivity contribution < 1.29 is 4.39 Å². The van der Waals surface area contributed by atoms with E-state index < -0.39 is 0 Å². The summed E-state index contributed by atoms with van der Waals surface area (Å²) in [6.45, 7) is 3.00. The molecule has 0 aliphatic carbocycles. The fourth-order valence-corrected chi connectivity index (χ4v) is 2.77. The highest BCUT2D eigenvalue weighted by Gasteiger charge is 2.12. The van der Waals surface area contributed by atoms with E-state index in [4.69, 9.17) is 0 Å². The predicted octanol–water partition coefficient (Wildman–Crippen LogP) is 3.75. The van der Waals surface area contributed by atoms with Crippen LogP contribution in [-0.2, 0) is 12.8 Å². The van der Waals surface area contributed by atoms with Gasteiger partial charge < -0.3 is 5.32 Å². The first-order valence-electron chi connectivity index (χ1n) is 6.75. The number of likely N-dealkylation sites (N-methyl/N-ethyl adjacent to an activating group) is 1. The number of benzene rings is 1. The molecule has 0 aliphatic rings. The van der Waals surface area contributed by atoms with Crippen LogP contribution < -0.4 is 5.32 Å². The number of pyridine rings is 1. The van der Waals surface area contributed by atoms with Gasteiger partial charge in [-0.25, -0.2) is 4.39 Å². The van der Waals surface area contributed by atoms with Gasteiger partial charge in [-0.2, -0.15) is 0 Å². The summed E-state index contributed by atoms with van der Waals surface area (Å²) < 4.78 is 14.0. The second-order valence-corrected chi connectivity index (χ2v) is 5.61. The summed E-state index contributed by atoms with van der Waals surface area (Å²) in [5, 5.41) is 3.48. The second kappa shape index (κ2) is 7.50. The summed E-state index contributed by atoms with van der Waals surface area (Å²) in [5.41, 5.74) is 2.32. The number of hydrogen-bond donors (Lipinski definition) is 1. The van der Waals surface area contributed by atoms with Gasteiger partial charge in [-0.05, 0) is 48.7 Å². The van der Waals surface area contributed by atoms with Crippen molar-refractivity contribution in [2.45, 2.75) is 25.8 Å². The first-order valence-corrected chi connectivity index (χ1v) is 7.54. The Labute approximate surface area is 127 Å². The molecule has 2 aromatic rings. The van der Waals surface area contributed by atoms with Gasteiger partial charge in [0.15, 0.2) is 0 Å². The van der Waals surface area contributed by atoms with Crippen molar-refractivity contribution in [1.82, 2.24) is 10.3 Å². The van der Waals surface area contributed by atoms with Gasteiger partial charge in [-0.1, -0.05) is 35.0 Å². The van der Waals surface area contributed by atoms with Crippen LogP contribution in [0.5, 0.6) is 0 Å². The van der Waals surface area contributed by atoms with Gasteiger partial charge in [0.25, 0.3) is 0 Å². The molecule has 1 heterocycles. The van der Waals surface area contributed by atoms with Crippen LogP contribution in [0.3, 0.4) is 0 Å². The molecule has 0 radical (unpaired) electrons. The molecule has 106 valence electrons. The molecule has 20 heavy (non-hydrogen) atoms. The Balaban J connectivity index is 2.09. The van der Waals surface area contributed by atoms with E-state index in [0.717, 1.165) is 29.4 Å². The summed E-state index contributed by atoms with van der Waals surface area (Å²) in [7, 11) is 0. The minimum Gasteiger partial charge on any atom is -0.314 e. The molecule has 0 aliphatic heterocycles. The second-order valence-electron chi connectivity index (χ2n) is 4.76. The first-order chi connectivity index (χ1) is 9.69. The molecule has 0 amide bonds. The maximum Gasteiger partial charge on any atom is 0.124 e. The molecule has 1 atom stereocenters. The first kappa shape index (κ1) is 15.1. The third-order valence-electron chi connectivity index (χ3n) is 3.18. The Bertz CT molecular complexity index is 545. The van der Waals surface area contributed by atoms with Gasteiger partial charge in [0.1, 0.15) is 5.82 Å². The largest absolute Gasteiger partial charge is 0.314 e. The van der Waals surface area contributed by atoms with Crippen molar-refractivity contribution in [2.24, 2.45) is 0 Å². The van der Waals surface area contributed by atoms with Gasteiger partial charge >= 0.3 is 0 Å². The van der Waals surface area contributed by atoms with Crippen LogP contribution in [0.1, 0.15) is 18.1 Å². The van der Waals surface area contributed by atoms with Crippen molar-refractivity contribution in [1.29, 1.82) is 0 Å². The molecule has 4 heteroatoms. The number of rotatable bonds is 6. The van der Waals surface area contributed by atoms with Crippen molar-refractivity contribution >= 4 is 15.9 Å². The molecule has 0 spiro atoms. The summed E-state index contributed by atoms with van der Waals surface area (Å²) in [6, 6.07) is 9.21. The van der Waals surface area contributed by atoms with Gasteiger partial charge in [-0.15, -0.1) is 0 Å². The quantitative estimate of drug-likeness (QED) is 0.868. The van der Waals surface area contributed by atoms with Crippen LogP contribution in [0.15, 0.2) is 47.2 Å². The zero-order chi connectivity index (χ0) is 14.4. The van der Waals surface area contributed by atoms with Gasteiger partial charge in [-0.3, -0.25) is 4.98 Å². The van der Waals surface area contributed by atoms with Gasteiger partial charge in [0.2, 0.25) is 0 Å². The minimum absolute atomic E-state index is 0.215. The normalized spacial score (nSPS) is 12.3. The summed E-state index contributed by atoms with van der Waals surface area (Å²) in [5.74, 6) is -0.215. The van der Waals surface area contributed by atoms with Crippen molar-refractivity contribution in [3.63, 3.8) is 0 Å². The van der Waals surface area contributed by atoms with Crippen molar-refractivity contribution in [3.05, 3.63) is 64.1 Å². The standard InChI is InChI=1S/C16H18BrFN2/c1-2-20-15(8-12-4-3-7-19-11-12)9-13-5-6-14(18)10-16(13)17/h3-7,10-11,15,20H,2,8-9H2,1H3. The third kappa shape index (κ3) is 4.39. The van der Waals surface area contributed by atoms with Crippen molar-refractivity contribution in [2.75, 3.05) is 6.54 Å². The van der Waals surface area contributed by atoms with Crippen LogP contribution in [0.25, 0.3) is 0 Å². The van der Waals surface area contributed by atoms with Crippen LogP contribution in [0, 0.1) is 5.82 Å². The van der Waals surface area contributed by atoms with E-state index in [2.05, 4.69) is 39.2 Å². The highest BCUT2D eigenvalue weighted by molar-refractivity contribution is 9.10. The molecule has 1 N–H and O–H groups in total. The Kier molecular flexibility index (Phi) is 5.68. The SMILES string of the molecule is CCNC(Cc1cccnc1)Cc1ccc(F)cc1Br. The Morgan fingerprint density at radius 2 is 2.15 bits per heavy atom. The number of halogens is 2. The lowest BCUT2D eigenvalue weighted by atomic mass is 10.00. The van der Waals surface area contributed by atoms with E-state index in [1.807, 2.05) is 18.3 Å². The predicted molar refractivity (Wildman–Crippen MR) is 83.2 cm³/mol. The Morgan fingerprint density at radius 1 is 1.30 bits per heavy atom. The minimum atomic E-state index is -0.215. The Morgan fingerprint density at radius 3 is 2.80 bits per heavy atom. The topological polar surface area (TPSA) is 24.9 Å². The summed E-state index contributed by atoms with van der Waals surface area (Å²) in [4.78, 5) is 4.15. The third-order valence-corrected chi connectivity index (χ3v) is 3.92. The lowest BCUT2D eigenvalue weighted by Gasteiger charge is -2.18. The van der Waals surface area contributed by atoms with E-state index in [0.29, 0.717) is 6.04 Å². The molecule has 2 rings (SSSR count). The van der Waals surface area contributed by atoms with Crippen LogP contribution >= 0.6 is 15.9 Å². The van der Waals surface area contributed by atoms with E-state index in [-0.39, 0.29) is 5.82 Å². The fraction of sp³-hybridized carbons (Fsp3) is 0.312. The maximum absolute atomic E-state index is 13.1. The lowest BCUT2D eigenvalue weighted by molar-refractivity contribution is 0.519. The van der Waals surface area contributed by atoms with E-state index in [1.54, 1.807) is 6.20 Å². The molecule has 0 bridgehead atoms. The molecule has 0 fully saturated rings. The monoisotopic (exact) mass is 336 g/mol. The van der Waals surface area contributed by atoms with E-state index in [9.17, 15) is 4.39 Å². The summed E-state index contributed by atoms with van der Waals surface area (Å²) >= 11 is 3.43. The molecule has 1 aromatic heterocycles. The molecular weight excluding hydrogens is 319 g/mol. The molecular formula is C16H18BrFN2. The van der Waals surface area contributed by atoms with E-state index in [1.165, 1.54) is 17.7 Å². The average molecular weight is 337 g/mol. The molecule has 2 nitrogen and oxygen atoms in total. The number of nitrogens with one attached hydrogen (secondary N) is 1. The van der Waals surface area contributed by atoms with E-state index >= 15 is 0 Å². The van der Waals surface area contributed by atoms with Crippen molar-refractivity contribution in [3.8, 4) is 0 Å². The molecule has 0 saturated heterocycles. The van der Waals surface area contributed by atoms with Crippen LogP contribution in [0.4, 0.5) is 4.39 Å². The van der Waals surface area contributed by atoms with Crippen LogP contribution in [0.2, 0.25) is 0 Å². The molecule has 1 aromatic carbocycles.